The average molecular weight is 338 g/mol. The number of pyridine rings is 1. The van der Waals surface area contributed by atoms with E-state index in [0.29, 0.717) is 11.4 Å². The molecule has 1 unspecified atom stereocenters. The van der Waals surface area contributed by atoms with Crippen molar-refractivity contribution >= 4 is 17.6 Å². The fourth-order valence-corrected chi connectivity index (χ4v) is 2.72. The van der Waals surface area contributed by atoms with Gasteiger partial charge in [0.05, 0.1) is 17.6 Å². The van der Waals surface area contributed by atoms with Crippen LogP contribution in [0.15, 0.2) is 42.6 Å². The Morgan fingerprint density at radius 3 is 2.96 bits per heavy atom. The van der Waals surface area contributed by atoms with Crippen molar-refractivity contribution in [1.82, 2.24) is 10.3 Å². The van der Waals surface area contributed by atoms with E-state index in [-0.39, 0.29) is 36.9 Å². The van der Waals surface area contributed by atoms with Gasteiger partial charge in [-0.05, 0) is 30.3 Å². The van der Waals surface area contributed by atoms with E-state index < -0.39 is 11.7 Å². The van der Waals surface area contributed by atoms with Crippen molar-refractivity contribution in [3.05, 3.63) is 59.5 Å². The van der Waals surface area contributed by atoms with Crippen LogP contribution in [-0.2, 0) is 16.1 Å². The van der Waals surface area contributed by atoms with Crippen molar-refractivity contribution in [3.8, 4) is 6.07 Å². The van der Waals surface area contributed by atoms with Gasteiger partial charge < -0.3 is 5.32 Å². The highest BCUT2D eigenvalue weighted by Gasteiger charge is 2.35. The molecule has 1 aliphatic heterocycles. The lowest BCUT2D eigenvalue weighted by Gasteiger charge is -2.15. The van der Waals surface area contributed by atoms with Crippen LogP contribution in [0.3, 0.4) is 0 Å². The monoisotopic (exact) mass is 338 g/mol. The lowest BCUT2D eigenvalue weighted by atomic mass is 10.1. The van der Waals surface area contributed by atoms with Gasteiger partial charge in [0.15, 0.2) is 0 Å². The van der Waals surface area contributed by atoms with Crippen molar-refractivity contribution in [2.45, 2.75) is 13.0 Å². The zero-order valence-corrected chi connectivity index (χ0v) is 13.3. The van der Waals surface area contributed by atoms with Gasteiger partial charge in [0.1, 0.15) is 11.6 Å². The molecule has 1 saturated heterocycles. The first-order valence-corrected chi connectivity index (χ1v) is 7.76. The number of nitrogens with zero attached hydrogens (tertiary/aromatic N) is 3. The van der Waals surface area contributed by atoms with E-state index in [0.717, 1.165) is 0 Å². The second-order valence-corrected chi connectivity index (χ2v) is 5.73. The highest BCUT2D eigenvalue weighted by Crippen LogP contribution is 2.23. The fourth-order valence-electron chi connectivity index (χ4n) is 2.72. The number of nitriles is 1. The summed E-state index contributed by atoms with van der Waals surface area (Å²) < 4.78 is 13.7. The van der Waals surface area contributed by atoms with Gasteiger partial charge in [0, 0.05) is 31.3 Å². The van der Waals surface area contributed by atoms with Crippen LogP contribution in [0.1, 0.15) is 17.5 Å². The molecule has 1 atom stereocenters. The Morgan fingerprint density at radius 1 is 1.40 bits per heavy atom. The van der Waals surface area contributed by atoms with Crippen LogP contribution in [-0.4, -0.2) is 23.3 Å². The van der Waals surface area contributed by atoms with Gasteiger partial charge >= 0.3 is 0 Å². The number of carbonyl (C=O) groups is 2. The zero-order valence-electron chi connectivity index (χ0n) is 13.3. The van der Waals surface area contributed by atoms with Gasteiger partial charge in [-0.15, -0.1) is 0 Å². The maximum absolute atomic E-state index is 13.7. The Balaban J connectivity index is 1.63. The van der Waals surface area contributed by atoms with Gasteiger partial charge in [-0.3, -0.25) is 14.5 Å². The number of anilines is 1. The molecule has 1 fully saturated rings. The molecule has 7 heteroatoms. The Bertz CT molecular complexity index is 848. The highest BCUT2D eigenvalue weighted by molar-refractivity contribution is 5.99. The minimum absolute atomic E-state index is 0.0333. The second-order valence-electron chi connectivity index (χ2n) is 5.73. The molecule has 1 aliphatic rings. The summed E-state index contributed by atoms with van der Waals surface area (Å²) in [7, 11) is 0. The number of nitrogens with one attached hydrogen (secondary N) is 1. The fraction of sp³-hybridized carbons (Fsp3) is 0.222. The Hall–Kier alpha value is -3.27. The number of carbonyl (C=O) groups excluding carboxylic acids is 2. The third-order valence-electron chi connectivity index (χ3n) is 4.05. The van der Waals surface area contributed by atoms with E-state index in [9.17, 15) is 14.0 Å². The third kappa shape index (κ3) is 3.63. The van der Waals surface area contributed by atoms with Gasteiger partial charge in [-0.2, -0.15) is 5.26 Å². The molecule has 25 heavy (non-hydrogen) atoms. The van der Waals surface area contributed by atoms with Crippen LogP contribution in [0.4, 0.5) is 10.2 Å². The molecule has 6 nitrogen and oxygen atoms in total. The Labute approximate surface area is 143 Å². The average Bonchev–Trinajstić information content (AvgIpc) is 3.03. The van der Waals surface area contributed by atoms with Crippen molar-refractivity contribution < 1.29 is 14.0 Å². The predicted octanol–water partition coefficient (Wildman–Crippen LogP) is 1.76. The quantitative estimate of drug-likeness (QED) is 0.920. The molecule has 0 radical (unpaired) electrons. The number of benzene rings is 1. The lowest BCUT2D eigenvalue weighted by molar-refractivity contribution is -0.126. The van der Waals surface area contributed by atoms with Crippen molar-refractivity contribution in [2.75, 3.05) is 11.4 Å². The van der Waals surface area contributed by atoms with Crippen LogP contribution in [0.5, 0.6) is 0 Å². The number of halogens is 1. The number of hydrogen-bond acceptors (Lipinski definition) is 4. The molecular formula is C18H15FN4O2. The molecule has 0 spiro atoms. The van der Waals surface area contributed by atoms with E-state index in [1.165, 1.54) is 23.1 Å². The molecule has 1 aromatic carbocycles. The molecule has 2 aromatic rings. The molecular weight excluding hydrogens is 323 g/mol. The predicted molar refractivity (Wildman–Crippen MR) is 87.7 cm³/mol. The summed E-state index contributed by atoms with van der Waals surface area (Å²) in [6.45, 7) is 0.205. The third-order valence-corrected chi connectivity index (χ3v) is 4.05. The molecule has 126 valence electrons. The normalized spacial score (nSPS) is 16.6. The van der Waals surface area contributed by atoms with E-state index in [1.807, 2.05) is 6.07 Å². The topological polar surface area (TPSA) is 86.1 Å². The van der Waals surface area contributed by atoms with Gasteiger partial charge in [-0.25, -0.2) is 9.37 Å². The molecule has 1 N–H and O–H groups in total. The molecule has 2 amide bonds. The minimum atomic E-state index is -0.517. The second kappa shape index (κ2) is 7.09. The largest absolute Gasteiger partial charge is 0.352 e. The first kappa shape index (κ1) is 16.6. The van der Waals surface area contributed by atoms with Crippen LogP contribution in [0.2, 0.25) is 0 Å². The van der Waals surface area contributed by atoms with Crippen molar-refractivity contribution in [1.29, 1.82) is 5.26 Å². The van der Waals surface area contributed by atoms with Crippen LogP contribution < -0.4 is 10.2 Å². The molecule has 2 heterocycles. The molecule has 0 saturated carbocycles. The standard InChI is InChI=1S/C18H15FN4O2/c19-15-5-4-12(9-20)7-13(15)10-22-18(25)14-8-17(24)23(11-14)16-3-1-2-6-21-16/h1-7,14H,8,10-11H2,(H,22,25). The van der Waals surface area contributed by atoms with E-state index in [2.05, 4.69) is 10.3 Å². The van der Waals surface area contributed by atoms with Crippen LogP contribution in [0, 0.1) is 23.1 Å². The van der Waals surface area contributed by atoms with E-state index in [1.54, 1.807) is 24.4 Å². The zero-order chi connectivity index (χ0) is 17.8. The highest BCUT2D eigenvalue weighted by atomic mass is 19.1. The summed E-state index contributed by atoms with van der Waals surface area (Å²) in [5, 5.41) is 11.5. The van der Waals surface area contributed by atoms with Gasteiger partial charge in [0.2, 0.25) is 11.8 Å². The number of aromatic nitrogens is 1. The van der Waals surface area contributed by atoms with Crippen molar-refractivity contribution in [2.24, 2.45) is 5.92 Å². The number of hydrogen-bond donors (Lipinski definition) is 1. The molecule has 0 aliphatic carbocycles. The van der Waals surface area contributed by atoms with E-state index >= 15 is 0 Å². The lowest BCUT2D eigenvalue weighted by Crippen LogP contribution is -2.33. The van der Waals surface area contributed by atoms with Crippen molar-refractivity contribution in [3.63, 3.8) is 0 Å². The first-order valence-electron chi connectivity index (χ1n) is 7.76. The van der Waals surface area contributed by atoms with Crippen LogP contribution >= 0.6 is 0 Å². The molecule has 3 rings (SSSR count). The van der Waals surface area contributed by atoms with Gasteiger partial charge in [0.25, 0.3) is 0 Å². The summed E-state index contributed by atoms with van der Waals surface area (Å²) in [5.41, 5.74) is 0.557. The minimum Gasteiger partial charge on any atom is -0.352 e. The summed E-state index contributed by atoms with van der Waals surface area (Å²) >= 11 is 0. The maximum atomic E-state index is 13.7. The summed E-state index contributed by atoms with van der Waals surface area (Å²) in [5.74, 6) is -0.991. The number of rotatable bonds is 4. The SMILES string of the molecule is N#Cc1ccc(F)c(CNC(=O)C2CC(=O)N(c3ccccn3)C2)c1. The van der Waals surface area contributed by atoms with Gasteiger partial charge in [-0.1, -0.05) is 6.07 Å². The smallest absolute Gasteiger partial charge is 0.229 e. The van der Waals surface area contributed by atoms with E-state index in [4.69, 9.17) is 5.26 Å². The number of amides is 2. The maximum Gasteiger partial charge on any atom is 0.229 e. The van der Waals surface area contributed by atoms with Crippen LogP contribution in [0.25, 0.3) is 0 Å². The Morgan fingerprint density at radius 2 is 2.24 bits per heavy atom. The molecule has 1 aromatic heterocycles. The summed E-state index contributed by atoms with van der Waals surface area (Å²) in [6, 6.07) is 11.1. The first-order chi connectivity index (χ1) is 12.1. The Kier molecular flexibility index (Phi) is 4.70. The molecule has 0 bridgehead atoms. The summed E-state index contributed by atoms with van der Waals surface area (Å²) in [6.07, 6.45) is 1.67. The summed E-state index contributed by atoms with van der Waals surface area (Å²) in [4.78, 5) is 30.0.